The highest BCUT2D eigenvalue weighted by Gasteiger charge is 2.36. The number of sulfonamides is 1. The van der Waals surface area contributed by atoms with Gasteiger partial charge in [0.2, 0.25) is 5.91 Å². The van der Waals surface area contributed by atoms with Gasteiger partial charge in [-0.2, -0.15) is 4.31 Å². The lowest BCUT2D eigenvalue weighted by Crippen LogP contribution is -2.50. The lowest BCUT2D eigenvalue weighted by atomic mass is 9.99. The molecule has 0 radical (unpaired) electrons. The normalized spacial score (nSPS) is 21.4. The van der Waals surface area contributed by atoms with Gasteiger partial charge in [0.1, 0.15) is 11.9 Å². The molecule has 2 aliphatic rings. The number of amides is 2. The maximum Gasteiger partial charge on any atom is 0.261 e. The maximum atomic E-state index is 13.5. The van der Waals surface area contributed by atoms with E-state index in [1.54, 1.807) is 41.6 Å². The van der Waals surface area contributed by atoms with Crippen molar-refractivity contribution in [3.05, 3.63) is 36.3 Å². The second-order valence-corrected chi connectivity index (χ2v) is 11.8. The molecule has 2 N–H and O–H groups in total. The van der Waals surface area contributed by atoms with E-state index in [1.807, 2.05) is 6.92 Å². The van der Waals surface area contributed by atoms with Gasteiger partial charge in [-0.15, -0.1) is 0 Å². The quantitative estimate of drug-likeness (QED) is 0.537. The van der Waals surface area contributed by atoms with Crippen molar-refractivity contribution >= 4 is 27.5 Å². The molecule has 0 spiro atoms. The molecule has 2 heterocycles. The molecule has 4 rings (SSSR count). The summed E-state index contributed by atoms with van der Waals surface area (Å²) < 4.78 is 35.1. The summed E-state index contributed by atoms with van der Waals surface area (Å²) >= 11 is 0. The van der Waals surface area contributed by atoms with Crippen molar-refractivity contribution in [2.75, 3.05) is 32.1 Å². The number of aryl methyl sites for hydroxylation is 1. The Hall–Kier alpha value is -2.96. The van der Waals surface area contributed by atoms with Crippen LogP contribution in [0.3, 0.4) is 0 Å². The molecule has 2 aromatic rings. The van der Waals surface area contributed by atoms with Crippen molar-refractivity contribution in [1.82, 2.24) is 18.8 Å². The van der Waals surface area contributed by atoms with Crippen LogP contribution in [0.25, 0.3) is 0 Å². The van der Waals surface area contributed by atoms with Crippen LogP contribution in [0.4, 0.5) is 5.69 Å². The Kier molecular flexibility index (Phi) is 7.39. The first kappa shape index (κ1) is 26.1. The molecule has 0 unspecified atom stereocenters. The lowest BCUT2D eigenvalue weighted by Gasteiger charge is -2.38. The van der Waals surface area contributed by atoms with Crippen LogP contribution < -0.4 is 10.1 Å². The van der Waals surface area contributed by atoms with Crippen LogP contribution in [0.2, 0.25) is 0 Å². The minimum absolute atomic E-state index is 0.00620. The van der Waals surface area contributed by atoms with Gasteiger partial charge in [-0.1, -0.05) is 6.92 Å². The molecule has 1 aromatic heterocycles. The number of aliphatic hydroxyl groups is 1. The average molecular weight is 520 g/mol. The fourth-order valence-electron chi connectivity index (χ4n) is 4.14. The van der Waals surface area contributed by atoms with E-state index in [1.165, 1.54) is 23.9 Å². The minimum Gasteiger partial charge on any atom is -0.488 e. The highest BCUT2D eigenvalue weighted by atomic mass is 32.2. The number of nitrogens with zero attached hydrogens (tertiary/aromatic N) is 4. The van der Waals surface area contributed by atoms with Crippen LogP contribution >= 0.6 is 0 Å². The number of hydrogen-bond donors (Lipinski definition) is 2. The topological polar surface area (TPSA) is 134 Å². The zero-order valence-corrected chi connectivity index (χ0v) is 21.7. The predicted molar refractivity (Wildman–Crippen MR) is 132 cm³/mol. The van der Waals surface area contributed by atoms with Crippen LogP contribution in [0.5, 0.6) is 5.75 Å². The molecule has 196 valence electrons. The smallest absolute Gasteiger partial charge is 0.261 e. The first-order chi connectivity index (χ1) is 17.0. The number of likely N-dealkylation sites (N-methyl/N-ethyl adjacent to an activating group) is 1. The Morgan fingerprint density at radius 1 is 1.36 bits per heavy atom. The van der Waals surface area contributed by atoms with Crippen LogP contribution in [0, 0.1) is 11.8 Å². The summed E-state index contributed by atoms with van der Waals surface area (Å²) in [6.45, 7) is 3.67. The third kappa shape index (κ3) is 5.40. The summed E-state index contributed by atoms with van der Waals surface area (Å²) in [5.41, 5.74) is 0.732. The van der Waals surface area contributed by atoms with Crippen LogP contribution in [0.15, 0.2) is 35.7 Å². The molecular formula is C24H33N5O6S. The number of imidazole rings is 1. The van der Waals surface area contributed by atoms with Crippen molar-refractivity contribution in [3.63, 3.8) is 0 Å². The fraction of sp³-hybridized carbons (Fsp3) is 0.542. The van der Waals surface area contributed by atoms with E-state index in [0.29, 0.717) is 11.4 Å². The maximum absolute atomic E-state index is 13.5. The van der Waals surface area contributed by atoms with E-state index >= 15 is 0 Å². The monoisotopic (exact) mass is 519 g/mol. The van der Waals surface area contributed by atoms with Gasteiger partial charge in [0, 0.05) is 44.4 Å². The number of nitrogens with one attached hydrogen (secondary N) is 1. The van der Waals surface area contributed by atoms with E-state index in [2.05, 4.69) is 10.3 Å². The molecule has 2 amide bonds. The molecule has 1 aromatic carbocycles. The van der Waals surface area contributed by atoms with Gasteiger partial charge in [0.05, 0.1) is 31.1 Å². The van der Waals surface area contributed by atoms with Gasteiger partial charge in [-0.25, -0.2) is 13.4 Å². The van der Waals surface area contributed by atoms with E-state index in [4.69, 9.17) is 4.74 Å². The molecule has 1 aliphatic carbocycles. The Bertz CT molecular complexity index is 1240. The summed E-state index contributed by atoms with van der Waals surface area (Å²) in [5, 5.41) is 12.6. The Morgan fingerprint density at radius 2 is 2.08 bits per heavy atom. The highest BCUT2D eigenvalue weighted by molar-refractivity contribution is 7.89. The van der Waals surface area contributed by atoms with Gasteiger partial charge in [0.15, 0.2) is 5.03 Å². The molecule has 1 aliphatic heterocycles. The molecule has 3 atom stereocenters. The van der Waals surface area contributed by atoms with Crippen molar-refractivity contribution in [2.45, 2.75) is 43.9 Å². The molecule has 1 saturated carbocycles. The van der Waals surface area contributed by atoms with E-state index in [0.717, 1.165) is 12.8 Å². The molecule has 11 nitrogen and oxygen atoms in total. The highest BCUT2D eigenvalue weighted by Crippen LogP contribution is 2.33. The number of benzene rings is 1. The van der Waals surface area contributed by atoms with Crippen LogP contribution in [-0.2, 0) is 21.9 Å². The first-order valence-corrected chi connectivity index (χ1v) is 13.4. The average Bonchev–Trinajstić information content (AvgIpc) is 3.61. The SMILES string of the molecule is C[C@@H]1CN([C@@H](C)CO)C(=O)c2cc(NC(=O)C3CC3)ccc2O[C@@H]1CN(C)S(=O)(=O)c1cn(C)cn1. The van der Waals surface area contributed by atoms with Gasteiger partial charge in [-0.05, 0) is 38.0 Å². The third-order valence-corrected chi connectivity index (χ3v) is 8.38. The Balaban J connectivity index is 1.64. The van der Waals surface area contributed by atoms with Gasteiger partial charge in [0.25, 0.3) is 15.9 Å². The van der Waals surface area contributed by atoms with Crippen molar-refractivity contribution in [1.29, 1.82) is 0 Å². The van der Waals surface area contributed by atoms with E-state index in [9.17, 15) is 23.1 Å². The summed E-state index contributed by atoms with van der Waals surface area (Å²) in [4.78, 5) is 31.3. The third-order valence-electron chi connectivity index (χ3n) is 6.67. The van der Waals surface area contributed by atoms with Gasteiger partial charge >= 0.3 is 0 Å². The number of hydrogen-bond acceptors (Lipinski definition) is 7. The Labute approximate surface area is 211 Å². The number of aliphatic hydroxyl groups excluding tert-OH is 1. The summed E-state index contributed by atoms with van der Waals surface area (Å²) in [6, 6.07) is 4.40. The number of fused-ring (bicyclic) bond motifs is 1. The van der Waals surface area contributed by atoms with Gasteiger partial charge < -0.3 is 24.6 Å². The zero-order chi connectivity index (χ0) is 26.2. The molecule has 0 saturated heterocycles. The summed E-state index contributed by atoms with van der Waals surface area (Å²) in [5.74, 6) is -0.366. The molecule has 36 heavy (non-hydrogen) atoms. The minimum atomic E-state index is -3.85. The Morgan fingerprint density at radius 3 is 2.69 bits per heavy atom. The van der Waals surface area contributed by atoms with Crippen molar-refractivity contribution < 1.29 is 27.9 Å². The summed E-state index contributed by atoms with van der Waals surface area (Å²) in [6.07, 6.45) is 3.97. The lowest BCUT2D eigenvalue weighted by molar-refractivity contribution is -0.117. The zero-order valence-electron chi connectivity index (χ0n) is 20.9. The largest absolute Gasteiger partial charge is 0.488 e. The standard InChI is InChI=1S/C24H33N5O6S/c1-15-10-29(16(2)13-30)24(32)19-9-18(26-23(31)17-5-6-17)7-8-20(19)35-21(15)11-28(4)36(33,34)22-12-27(3)14-25-22/h7-9,12,14-17,21,30H,5-6,10-11,13H2,1-4H3,(H,26,31)/t15-,16+,21-/m1/s1. The van der Waals surface area contributed by atoms with E-state index in [-0.39, 0.29) is 53.9 Å². The number of carbonyl (C=O) groups excluding carboxylic acids is 2. The van der Waals surface area contributed by atoms with Crippen LogP contribution in [0.1, 0.15) is 37.0 Å². The molecule has 0 bridgehead atoms. The predicted octanol–water partition coefficient (Wildman–Crippen LogP) is 1.31. The molecular weight excluding hydrogens is 486 g/mol. The molecule has 1 fully saturated rings. The second-order valence-electron chi connectivity index (χ2n) is 9.76. The second kappa shape index (κ2) is 10.2. The van der Waals surface area contributed by atoms with Gasteiger partial charge in [-0.3, -0.25) is 9.59 Å². The number of anilines is 1. The number of rotatable bonds is 8. The van der Waals surface area contributed by atoms with Crippen LogP contribution in [-0.4, -0.2) is 83.0 Å². The van der Waals surface area contributed by atoms with Crippen molar-refractivity contribution in [3.8, 4) is 5.75 Å². The summed E-state index contributed by atoms with van der Waals surface area (Å²) in [7, 11) is -0.693. The number of carbonyl (C=O) groups is 2. The van der Waals surface area contributed by atoms with E-state index < -0.39 is 22.2 Å². The van der Waals surface area contributed by atoms with Crippen molar-refractivity contribution in [2.24, 2.45) is 18.9 Å². The number of ether oxygens (including phenoxy) is 1. The number of aromatic nitrogens is 2. The first-order valence-electron chi connectivity index (χ1n) is 12.0. The molecule has 12 heteroatoms. The fourth-order valence-corrected chi connectivity index (χ4v) is 5.28.